The van der Waals surface area contributed by atoms with Crippen LogP contribution in [0.2, 0.25) is 5.02 Å². The van der Waals surface area contributed by atoms with E-state index < -0.39 is 0 Å². The van der Waals surface area contributed by atoms with Gasteiger partial charge in [-0.1, -0.05) is 41.9 Å². The van der Waals surface area contributed by atoms with E-state index in [1.165, 1.54) is 5.56 Å². The number of ether oxygens (including phenoxy) is 1. The zero-order chi connectivity index (χ0) is 16.0. The van der Waals surface area contributed by atoms with Crippen LogP contribution in [0.5, 0.6) is 5.75 Å². The number of urea groups is 1. The number of carbonyl (C=O) groups is 1. The summed E-state index contributed by atoms with van der Waals surface area (Å²) in [6, 6.07) is 13.5. The molecule has 4 nitrogen and oxygen atoms in total. The van der Waals surface area contributed by atoms with Crippen molar-refractivity contribution < 1.29 is 9.53 Å². The number of para-hydroxylation sites is 2. The maximum Gasteiger partial charge on any atom is 0.322 e. The number of benzene rings is 2. The van der Waals surface area contributed by atoms with Gasteiger partial charge in [0.1, 0.15) is 12.4 Å². The van der Waals surface area contributed by atoms with Gasteiger partial charge in [-0.05, 0) is 31.0 Å². The highest BCUT2D eigenvalue weighted by molar-refractivity contribution is 6.32. The van der Waals surface area contributed by atoms with E-state index in [2.05, 4.69) is 18.3 Å². The Morgan fingerprint density at radius 1 is 1.26 bits per heavy atom. The second kappa shape index (κ2) is 5.46. The number of anilines is 1. The summed E-state index contributed by atoms with van der Waals surface area (Å²) in [4.78, 5) is 14.6. The Kier molecular flexibility index (Phi) is 3.42. The molecule has 2 aromatic carbocycles. The lowest BCUT2D eigenvalue weighted by Crippen LogP contribution is -2.45. The zero-order valence-electron chi connectivity index (χ0n) is 12.8. The topological polar surface area (TPSA) is 41.6 Å². The number of rotatable bonds is 1. The van der Waals surface area contributed by atoms with Crippen molar-refractivity contribution in [3.8, 4) is 5.75 Å². The summed E-state index contributed by atoms with van der Waals surface area (Å²) in [6.45, 7) is 2.48. The first-order chi connectivity index (χ1) is 11.1. The Morgan fingerprint density at radius 3 is 2.96 bits per heavy atom. The maximum atomic E-state index is 12.8. The van der Waals surface area contributed by atoms with Crippen LogP contribution in [0, 0.1) is 0 Å². The van der Waals surface area contributed by atoms with Gasteiger partial charge in [0.15, 0.2) is 0 Å². The second-order valence-corrected chi connectivity index (χ2v) is 6.43. The van der Waals surface area contributed by atoms with Crippen LogP contribution in [0.3, 0.4) is 0 Å². The molecule has 118 valence electrons. The van der Waals surface area contributed by atoms with E-state index in [1.54, 1.807) is 6.07 Å². The summed E-state index contributed by atoms with van der Waals surface area (Å²) in [6.07, 6.45) is 0.882. The number of hydrogen-bond acceptors (Lipinski definition) is 2. The maximum absolute atomic E-state index is 12.8. The van der Waals surface area contributed by atoms with Crippen LogP contribution >= 0.6 is 11.6 Å². The number of amides is 2. The van der Waals surface area contributed by atoms with Gasteiger partial charge in [-0.2, -0.15) is 0 Å². The largest absolute Gasteiger partial charge is 0.489 e. The Labute approximate surface area is 140 Å². The molecule has 2 aromatic rings. The number of carbonyl (C=O) groups excluding carboxylic acids is 1. The quantitative estimate of drug-likeness (QED) is 0.861. The van der Waals surface area contributed by atoms with Crippen molar-refractivity contribution in [2.24, 2.45) is 0 Å². The predicted octanol–water partition coefficient (Wildman–Crippen LogP) is 3.93. The molecule has 1 N–H and O–H groups in total. The number of fused-ring (bicyclic) bond motifs is 2. The van der Waals surface area contributed by atoms with E-state index in [9.17, 15) is 4.79 Å². The third-order valence-electron chi connectivity index (χ3n) is 4.49. The van der Waals surface area contributed by atoms with E-state index in [0.29, 0.717) is 17.4 Å². The average Bonchev–Trinajstić information content (AvgIpc) is 3.08. The Hall–Kier alpha value is -2.20. The van der Waals surface area contributed by atoms with Gasteiger partial charge in [-0.25, -0.2) is 4.79 Å². The van der Waals surface area contributed by atoms with Crippen molar-refractivity contribution in [1.29, 1.82) is 0 Å². The van der Waals surface area contributed by atoms with E-state index in [1.807, 2.05) is 35.2 Å². The minimum atomic E-state index is -0.170. The van der Waals surface area contributed by atoms with Crippen molar-refractivity contribution in [3.63, 3.8) is 0 Å². The number of hydrogen-bond donors (Lipinski definition) is 1. The molecule has 2 amide bonds. The standard InChI is InChI=1S/C18H17ClN2O2/c1-11-9-12-5-2-3-8-16(12)21(11)18(22)20-15-10-23-17-13(15)6-4-7-14(17)19/h2-8,11,15H,9-10H2,1H3,(H,20,22). The van der Waals surface area contributed by atoms with Crippen LogP contribution < -0.4 is 15.0 Å². The normalized spacial score (nSPS) is 21.6. The monoisotopic (exact) mass is 328 g/mol. The van der Waals surface area contributed by atoms with E-state index in [0.717, 1.165) is 17.7 Å². The minimum Gasteiger partial charge on any atom is -0.489 e. The van der Waals surface area contributed by atoms with Crippen LogP contribution in [0.1, 0.15) is 24.1 Å². The van der Waals surface area contributed by atoms with Gasteiger partial charge in [0.05, 0.1) is 11.1 Å². The Balaban J connectivity index is 1.57. The average molecular weight is 329 g/mol. The van der Waals surface area contributed by atoms with Crippen LogP contribution in [0.25, 0.3) is 0 Å². The third-order valence-corrected chi connectivity index (χ3v) is 4.79. The zero-order valence-corrected chi connectivity index (χ0v) is 13.5. The SMILES string of the molecule is CC1Cc2ccccc2N1C(=O)NC1COc2c(Cl)cccc21. The van der Waals surface area contributed by atoms with Crippen LogP contribution in [-0.2, 0) is 6.42 Å². The fraction of sp³-hybridized carbons (Fsp3) is 0.278. The molecular weight excluding hydrogens is 312 g/mol. The fourth-order valence-corrected chi connectivity index (χ4v) is 3.66. The first kappa shape index (κ1) is 14.4. The Morgan fingerprint density at radius 2 is 2.09 bits per heavy atom. The molecule has 0 saturated carbocycles. The van der Waals surface area contributed by atoms with Gasteiger partial charge in [0.25, 0.3) is 0 Å². The van der Waals surface area contributed by atoms with Crippen LogP contribution in [-0.4, -0.2) is 18.7 Å². The van der Waals surface area contributed by atoms with Gasteiger partial charge in [0, 0.05) is 17.3 Å². The number of nitrogens with zero attached hydrogens (tertiary/aromatic N) is 1. The van der Waals surface area contributed by atoms with Crippen molar-refractivity contribution >= 4 is 23.3 Å². The summed E-state index contributed by atoms with van der Waals surface area (Å²) >= 11 is 6.14. The van der Waals surface area contributed by atoms with Crippen molar-refractivity contribution in [3.05, 3.63) is 58.6 Å². The molecular formula is C18H17ClN2O2. The highest BCUT2D eigenvalue weighted by Gasteiger charge is 2.34. The summed E-state index contributed by atoms with van der Waals surface area (Å²) < 4.78 is 5.64. The lowest BCUT2D eigenvalue weighted by atomic mass is 10.1. The Bertz CT molecular complexity index is 777. The predicted molar refractivity (Wildman–Crippen MR) is 90.3 cm³/mol. The molecule has 2 heterocycles. The summed E-state index contributed by atoms with van der Waals surface area (Å²) in [5.41, 5.74) is 3.13. The molecule has 5 heteroatoms. The minimum absolute atomic E-state index is 0.0936. The van der Waals surface area contributed by atoms with Crippen molar-refractivity contribution in [2.45, 2.75) is 25.4 Å². The molecule has 0 aliphatic carbocycles. The van der Waals surface area contributed by atoms with Gasteiger partial charge < -0.3 is 10.1 Å². The highest BCUT2D eigenvalue weighted by atomic mass is 35.5. The highest BCUT2D eigenvalue weighted by Crippen LogP contribution is 2.38. The van der Waals surface area contributed by atoms with Gasteiger partial charge in [-0.3, -0.25) is 4.90 Å². The number of nitrogens with one attached hydrogen (secondary N) is 1. The molecule has 0 radical (unpaired) electrons. The molecule has 0 spiro atoms. The molecule has 0 saturated heterocycles. The molecule has 0 aromatic heterocycles. The fourth-order valence-electron chi connectivity index (χ4n) is 3.42. The van der Waals surface area contributed by atoms with E-state index >= 15 is 0 Å². The molecule has 4 rings (SSSR count). The molecule has 2 aliphatic heterocycles. The third kappa shape index (κ3) is 2.34. The molecule has 0 bridgehead atoms. The summed E-state index contributed by atoms with van der Waals surface area (Å²) in [7, 11) is 0. The molecule has 2 aliphatic rings. The van der Waals surface area contributed by atoms with E-state index in [4.69, 9.17) is 16.3 Å². The lowest BCUT2D eigenvalue weighted by molar-refractivity contribution is 0.236. The van der Waals surface area contributed by atoms with Gasteiger partial charge in [-0.15, -0.1) is 0 Å². The van der Waals surface area contributed by atoms with Gasteiger partial charge >= 0.3 is 6.03 Å². The molecule has 0 fully saturated rings. The summed E-state index contributed by atoms with van der Waals surface area (Å²) in [5, 5.41) is 3.66. The lowest BCUT2D eigenvalue weighted by Gasteiger charge is -2.25. The van der Waals surface area contributed by atoms with Gasteiger partial charge in [0.2, 0.25) is 0 Å². The molecule has 2 atom stereocenters. The summed E-state index contributed by atoms with van der Waals surface area (Å²) in [5.74, 6) is 0.675. The number of halogens is 1. The van der Waals surface area contributed by atoms with Crippen LogP contribution in [0.4, 0.5) is 10.5 Å². The van der Waals surface area contributed by atoms with E-state index in [-0.39, 0.29) is 18.1 Å². The van der Waals surface area contributed by atoms with Crippen LogP contribution in [0.15, 0.2) is 42.5 Å². The first-order valence-corrected chi connectivity index (χ1v) is 8.12. The van der Waals surface area contributed by atoms with Crippen molar-refractivity contribution in [2.75, 3.05) is 11.5 Å². The smallest absolute Gasteiger partial charge is 0.322 e. The first-order valence-electron chi connectivity index (χ1n) is 7.74. The molecule has 23 heavy (non-hydrogen) atoms. The second-order valence-electron chi connectivity index (χ2n) is 6.02. The van der Waals surface area contributed by atoms with Crippen molar-refractivity contribution in [1.82, 2.24) is 5.32 Å². The molecule has 2 unspecified atom stereocenters.